The Bertz CT molecular complexity index is 1070. The highest BCUT2D eigenvalue weighted by Gasteiger charge is 2.27. The number of nitro groups is 1. The van der Waals surface area contributed by atoms with Gasteiger partial charge in [0.2, 0.25) is 10.0 Å². The second kappa shape index (κ2) is 8.38. The van der Waals surface area contributed by atoms with Crippen molar-refractivity contribution >= 4 is 44.6 Å². The SMILES string of the molecule is CCCS(=O)(=O)N1CCCc2cc(NC(=O)c3cc(Cl)ccc3[N+](=O)[O-])ccc21. The zero-order valence-corrected chi connectivity index (χ0v) is 17.3. The highest BCUT2D eigenvalue weighted by Crippen LogP contribution is 2.32. The van der Waals surface area contributed by atoms with E-state index in [9.17, 15) is 23.3 Å². The molecular weight excluding hydrogens is 418 g/mol. The lowest BCUT2D eigenvalue weighted by Gasteiger charge is -2.30. The van der Waals surface area contributed by atoms with Crippen LogP contribution in [0.5, 0.6) is 0 Å². The number of sulfonamides is 1. The van der Waals surface area contributed by atoms with E-state index in [1.807, 2.05) is 6.92 Å². The van der Waals surface area contributed by atoms with E-state index in [2.05, 4.69) is 5.32 Å². The van der Waals surface area contributed by atoms with Gasteiger partial charge in [-0.25, -0.2) is 8.42 Å². The van der Waals surface area contributed by atoms with Crippen molar-refractivity contribution in [1.82, 2.24) is 0 Å². The van der Waals surface area contributed by atoms with Crippen molar-refractivity contribution in [3.05, 3.63) is 62.7 Å². The van der Waals surface area contributed by atoms with E-state index in [-0.39, 0.29) is 22.0 Å². The number of nitrogens with one attached hydrogen (secondary N) is 1. The predicted octanol–water partition coefficient (Wildman–Crippen LogP) is 3.99. The summed E-state index contributed by atoms with van der Waals surface area (Å²) in [4.78, 5) is 23.1. The summed E-state index contributed by atoms with van der Waals surface area (Å²) in [7, 11) is -3.39. The molecular formula is C19H20ClN3O5S. The van der Waals surface area contributed by atoms with Gasteiger partial charge in [0.05, 0.1) is 16.4 Å². The molecule has 154 valence electrons. The van der Waals surface area contributed by atoms with Crippen LogP contribution in [-0.2, 0) is 16.4 Å². The fourth-order valence-electron chi connectivity index (χ4n) is 3.35. The van der Waals surface area contributed by atoms with Crippen LogP contribution >= 0.6 is 11.6 Å². The van der Waals surface area contributed by atoms with Crippen molar-refractivity contribution in [3.8, 4) is 0 Å². The zero-order valence-electron chi connectivity index (χ0n) is 15.7. The molecule has 1 aliphatic heterocycles. The topological polar surface area (TPSA) is 110 Å². The van der Waals surface area contributed by atoms with E-state index in [0.717, 1.165) is 5.56 Å². The molecule has 1 heterocycles. The van der Waals surface area contributed by atoms with Gasteiger partial charge in [0.15, 0.2) is 0 Å². The van der Waals surface area contributed by atoms with E-state index >= 15 is 0 Å². The summed E-state index contributed by atoms with van der Waals surface area (Å²) < 4.78 is 26.4. The predicted molar refractivity (Wildman–Crippen MR) is 112 cm³/mol. The maximum atomic E-state index is 12.6. The summed E-state index contributed by atoms with van der Waals surface area (Å²) in [6, 6.07) is 8.72. The van der Waals surface area contributed by atoms with Crippen LogP contribution in [0.15, 0.2) is 36.4 Å². The number of nitrogens with zero attached hydrogens (tertiary/aromatic N) is 2. The van der Waals surface area contributed by atoms with Gasteiger partial charge in [0.1, 0.15) is 5.56 Å². The van der Waals surface area contributed by atoms with E-state index in [1.54, 1.807) is 18.2 Å². The van der Waals surface area contributed by atoms with Crippen LogP contribution in [-0.4, -0.2) is 31.5 Å². The van der Waals surface area contributed by atoms with Crippen LogP contribution in [0.25, 0.3) is 0 Å². The Labute approximate surface area is 173 Å². The summed E-state index contributed by atoms with van der Waals surface area (Å²) in [5, 5.41) is 14.0. The molecule has 8 nitrogen and oxygen atoms in total. The Balaban J connectivity index is 1.89. The van der Waals surface area contributed by atoms with Gasteiger partial charge in [-0.3, -0.25) is 19.2 Å². The van der Waals surface area contributed by atoms with E-state index in [0.29, 0.717) is 37.2 Å². The normalized spacial score (nSPS) is 13.7. The van der Waals surface area contributed by atoms with Gasteiger partial charge in [0, 0.05) is 23.3 Å². The number of hydrogen-bond acceptors (Lipinski definition) is 5. The smallest absolute Gasteiger partial charge is 0.282 e. The van der Waals surface area contributed by atoms with Gasteiger partial charge in [-0.1, -0.05) is 18.5 Å². The zero-order chi connectivity index (χ0) is 21.2. The number of benzene rings is 2. The van der Waals surface area contributed by atoms with Crippen LogP contribution in [0.3, 0.4) is 0 Å². The van der Waals surface area contributed by atoms with Crippen LogP contribution in [0.2, 0.25) is 5.02 Å². The molecule has 0 aromatic heterocycles. The molecule has 0 saturated heterocycles. The first-order valence-corrected chi connectivity index (χ1v) is 11.1. The second-order valence-corrected chi connectivity index (χ2v) is 9.16. The van der Waals surface area contributed by atoms with Gasteiger partial charge in [0.25, 0.3) is 11.6 Å². The number of hydrogen-bond donors (Lipinski definition) is 1. The molecule has 0 atom stereocenters. The Kier molecular flexibility index (Phi) is 6.09. The third kappa shape index (κ3) is 4.51. The third-order valence-corrected chi connectivity index (χ3v) is 6.82. The van der Waals surface area contributed by atoms with Crippen molar-refractivity contribution in [3.63, 3.8) is 0 Å². The lowest BCUT2D eigenvalue weighted by molar-refractivity contribution is -0.385. The lowest BCUT2D eigenvalue weighted by Crippen LogP contribution is -2.37. The number of fused-ring (bicyclic) bond motifs is 1. The van der Waals surface area contributed by atoms with Crippen molar-refractivity contribution < 1.29 is 18.1 Å². The Hall–Kier alpha value is -2.65. The standard InChI is InChI=1S/C19H20ClN3O5S/c1-2-10-29(27,28)22-9-3-4-13-11-15(6-8-17(13)22)21-19(24)16-12-14(20)5-7-18(16)23(25)26/h5-8,11-12H,2-4,9-10H2,1H3,(H,21,24). The molecule has 1 N–H and O–H groups in total. The Morgan fingerprint density at radius 3 is 2.72 bits per heavy atom. The molecule has 1 amide bonds. The number of carbonyl (C=O) groups excluding carboxylic acids is 1. The largest absolute Gasteiger partial charge is 0.322 e. The van der Waals surface area contributed by atoms with Crippen LogP contribution in [0, 0.1) is 10.1 Å². The van der Waals surface area contributed by atoms with Crippen LogP contribution in [0.1, 0.15) is 35.7 Å². The molecule has 2 aromatic rings. The number of anilines is 2. The summed E-state index contributed by atoms with van der Waals surface area (Å²) in [5.74, 6) is -0.589. The average molecular weight is 438 g/mol. The van der Waals surface area contributed by atoms with Gasteiger partial charge in [-0.15, -0.1) is 0 Å². The molecule has 0 radical (unpaired) electrons. The first-order chi connectivity index (χ1) is 13.7. The first-order valence-electron chi connectivity index (χ1n) is 9.11. The van der Waals surface area contributed by atoms with Crippen molar-refractivity contribution in [2.75, 3.05) is 21.9 Å². The molecule has 0 aliphatic carbocycles. The van der Waals surface area contributed by atoms with Gasteiger partial charge in [-0.05, 0) is 55.2 Å². The molecule has 0 spiro atoms. The van der Waals surface area contributed by atoms with Crippen molar-refractivity contribution in [2.24, 2.45) is 0 Å². The maximum absolute atomic E-state index is 12.6. The van der Waals surface area contributed by atoms with E-state index < -0.39 is 20.9 Å². The molecule has 0 bridgehead atoms. The summed E-state index contributed by atoms with van der Waals surface area (Å²) >= 11 is 5.88. The summed E-state index contributed by atoms with van der Waals surface area (Å²) in [6.07, 6.45) is 1.88. The number of aryl methyl sites for hydroxylation is 1. The van der Waals surface area contributed by atoms with Crippen LogP contribution in [0.4, 0.5) is 17.1 Å². The van der Waals surface area contributed by atoms with E-state index in [1.165, 1.54) is 22.5 Å². The molecule has 1 aliphatic rings. The van der Waals surface area contributed by atoms with Gasteiger partial charge in [-0.2, -0.15) is 0 Å². The fourth-order valence-corrected chi connectivity index (χ4v) is 5.14. The number of rotatable bonds is 6. The molecule has 3 rings (SSSR count). The second-order valence-electron chi connectivity index (χ2n) is 6.71. The van der Waals surface area contributed by atoms with Crippen molar-refractivity contribution in [2.45, 2.75) is 26.2 Å². The average Bonchev–Trinajstić information content (AvgIpc) is 2.67. The quantitative estimate of drug-likeness (QED) is 0.542. The molecule has 2 aromatic carbocycles. The monoisotopic (exact) mass is 437 g/mol. The van der Waals surface area contributed by atoms with Crippen LogP contribution < -0.4 is 9.62 Å². The minimum absolute atomic E-state index is 0.0728. The Morgan fingerprint density at radius 2 is 2.03 bits per heavy atom. The summed E-state index contributed by atoms with van der Waals surface area (Å²) in [5.41, 5.74) is 1.34. The number of carbonyl (C=O) groups is 1. The number of amides is 1. The first kappa shape index (κ1) is 21.1. The molecule has 10 heteroatoms. The number of halogens is 1. The molecule has 29 heavy (non-hydrogen) atoms. The summed E-state index contributed by atoms with van der Waals surface area (Å²) in [6.45, 7) is 2.24. The third-order valence-electron chi connectivity index (χ3n) is 4.61. The highest BCUT2D eigenvalue weighted by atomic mass is 35.5. The molecule has 0 saturated carbocycles. The minimum atomic E-state index is -3.39. The maximum Gasteiger partial charge on any atom is 0.282 e. The number of nitro benzene ring substituents is 1. The fraction of sp³-hybridized carbons (Fsp3) is 0.316. The highest BCUT2D eigenvalue weighted by molar-refractivity contribution is 7.92. The van der Waals surface area contributed by atoms with E-state index in [4.69, 9.17) is 11.6 Å². The molecule has 0 fully saturated rings. The Morgan fingerprint density at radius 1 is 1.28 bits per heavy atom. The minimum Gasteiger partial charge on any atom is -0.322 e. The molecule has 0 unspecified atom stereocenters. The van der Waals surface area contributed by atoms with Crippen molar-refractivity contribution in [1.29, 1.82) is 0 Å². The lowest BCUT2D eigenvalue weighted by atomic mass is 10.0. The van der Waals surface area contributed by atoms with Gasteiger partial charge >= 0.3 is 0 Å². The van der Waals surface area contributed by atoms with Gasteiger partial charge < -0.3 is 5.32 Å².